The summed E-state index contributed by atoms with van der Waals surface area (Å²) < 4.78 is 35.9. The lowest BCUT2D eigenvalue weighted by molar-refractivity contribution is -0.137. The van der Waals surface area contributed by atoms with E-state index in [1.54, 1.807) is 0 Å². The van der Waals surface area contributed by atoms with Gasteiger partial charge in [-0.05, 0) is 43.5 Å². The van der Waals surface area contributed by atoms with Crippen molar-refractivity contribution in [3.63, 3.8) is 0 Å². The van der Waals surface area contributed by atoms with Gasteiger partial charge in [-0.25, -0.2) is 0 Å². The second kappa shape index (κ2) is 5.98. The Morgan fingerprint density at radius 3 is 2.27 bits per heavy atom. The van der Waals surface area contributed by atoms with E-state index in [9.17, 15) is 18.3 Å². The van der Waals surface area contributed by atoms with Crippen molar-refractivity contribution >= 4 is 16.1 Å². The Labute approximate surface area is 129 Å². The van der Waals surface area contributed by atoms with Crippen LogP contribution in [-0.2, 0) is 14.9 Å². The molecule has 2 N–H and O–H groups in total. The SMILES string of the molecule is CCC(O)(CC)C1CC1C(=O)Oc1ccc(S(=O)(=O)O)cc1. The third kappa shape index (κ3) is 3.48. The molecule has 0 radical (unpaired) electrons. The summed E-state index contributed by atoms with van der Waals surface area (Å²) in [4.78, 5) is 11.8. The van der Waals surface area contributed by atoms with Crippen LogP contribution in [0.4, 0.5) is 0 Å². The van der Waals surface area contributed by atoms with Crippen LogP contribution in [0.2, 0.25) is 0 Å². The van der Waals surface area contributed by atoms with E-state index in [-0.39, 0.29) is 22.5 Å². The van der Waals surface area contributed by atoms with Gasteiger partial charge in [0.25, 0.3) is 10.1 Å². The van der Waals surface area contributed by atoms with E-state index in [2.05, 4.69) is 0 Å². The van der Waals surface area contributed by atoms with E-state index in [0.29, 0.717) is 19.3 Å². The van der Waals surface area contributed by atoms with E-state index < -0.39 is 21.7 Å². The maximum atomic E-state index is 12.0. The normalized spacial score (nSPS) is 21.5. The molecular formula is C15H20O6S. The van der Waals surface area contributed by atoms with Crippen LogP contribution >= 0.6 is 0 Å². The van der Waals surface area contributed by atoms with Crippen molar-refractivity contribution in [2.75, 3.05) is 0 Å². The molecule has 1 aromatic carbocycles. The van der Waals surface area contributed by atoms with Crippen LogP contribution in [0, 0.1) is 11.8 Å². The maximum Gasteiger partial charge on any atom is 0.314 e. The predicted octanol–water partition coefficient (Wildman–Crippen LogP) is 2.03. The summed E-state index contributed by atoms with van der Waals surface area (Å²) in [5, 5.41) is 10.4. The number of hydrogen-bond acceptors (Lipinski definition) is 5. The fraction of sp³-hybridized carbons (Fsp3) is 0.533. The minimum atomic E-state index is -4.26. The van der Waals surface area contributed by atoms with E-state index >= 15 is 0 Å². The zero-order valence-corrected chi connectivity index (χ0v) is 13.3. The summed E-state index contributed by atoms with van der Waals surface area (Å²) in [5.74, 6) is -0.636. The van der Waals surface area contributed by atoms with Crippen LogP contribution in [0.25, 0.3) is 0 Å². The Morgan fingerprint density at radius 2 is 1.82 bits per heavy atom. The third-order valence-corrected chi connectivity index (χ3v) is 5.22. The number of ether oxygens (including phenoxy) is 1. The quantitative estimate of drug-likeness (QED) is 0.471. The second-order valence-corrected chi connectivity index (χ2v) is 7.05. The first-order chi connectivity index (χ1) is 10.2. The number of hydrogen-bond donors (Lipinski definition) is 2. The van der Waals surface area contributed by atoms with E-state index in [4.69, 9.17) is 9.29 Å². The minimum absolute atomic E-state index is 0.0907. The van der Waals surface area contributed by atoms with Crippen molar-refractivity contribution in [1.29, 1.82) is 0 Å². The molecule has 6 nitrogen and oxygen atoms in total. The van der Waals surface area contributed by atoms with Crippen molar-refractivity contribution in [3.8, 4) is 5.75 Å². The van der Waals surface area contributed by atoms with Crippen LogP contribution in [0.15, 0.2) is 29.2 Å². The lowest BCUT2D eigenvalue weighted by atomic mass is 9.90. The smallest absolute Gasteiger partial charge is 0.314 e. The molecule has 2 atom stereocenters. The Balaban J connectivity index is 2.00. The lowest BCUT2D eigenvalue weighted by Crippen LogP contribution is -2.31. The monoisotopic (exact) mass is 328 g/mol. The molecule has 2 rings (SSSR count). The Kier molecular flexibility index (Phi) is 4.60. The van der Waals surface area contributed by atoms with E-state index in [1.165, 1.54) is 12.1 Å². The molecule has 0 aliphatic heterocycles. The lowest BCUT2D eigenvalue weighted by Gasteiger charge is -2.25. The summed E-state index contributed by atoms with van der Waals surface area (Å²) in [7, 11) is -4.26. The van der Waals surface area contributed by atoms with Gasteiger partial charge in [0.15, 0.2) is 0 Å². The molecule has 0 saturated heterocycles. The van der Waals surface area contributed by atoms with Crippen LogP contribution in [0.5, 0.6) is 5.75 Å². The predicted molar refractivity (Wildman–Crippen MR) is 79.0 cm³/mol. The molecule has 0 spiro atoms. The van der Waals surface area contributed by atoms with Gasteiger partial charge in [0.2, 0.25) is 0 Å². The first kappa shape index (κ1) is 16.9. The van der Waals surface area contributed by atoms with Crippen molar-refractivity contribution in [2.24, 2.45) is 11.8 Å². The number of carbonyl (C=O) groups excluding carboxylic acids is 1. The molecule has 1 aromatic rings. The molecule has 2 unspecified atom stereocenters. The highest BCUT2D eigenvalue weighted by molar-refractivity contribution is 7.85. The molecule has 0 bridgehead atoms. The average molecular weight is 328 g/mol. The summed E-state index contributed by atoms with van der Waals surface area (Å²) >= 11 is 0. The van der Waals surface area contributed by atoms with Crippen LogP contribution < -0.4 is 4.74 Å². The fourth-order valence-corrected chi connectivity index (χ4v) is 3.18. The summed E-state index contributed by atoms with van der Waals surface area (Å²) in [6, 6.07) is 4.95. The summed E-state index contributed by atoms with van der Waals surface area (Å²) in [6.45, 7) is 3.77. The van der Waals surface area contributed by atoms with Gasteiger partial charge in [0, 0.05) is 5.92 Å². The minimum Gasteiger partial charge on any atom is -0.426 e. The first-order valence-corrected chi connectivity index (χ1v) is 8.67. The highest BCUT2D eigenvalue weighted by atomic mass is 32.2. The molecule has 1 saturated carbocycles. The van der Waals surface area contributed by atoms with Gasteiger partial charge in [-0.15, -0.1) is 0 Å². The molecule has 22 heavy (non-hydrogen) atoms. The zero-order valence-electron chi connectivity index (χ0n) is 12.5. The standard InChI is InChI=1S/C15H20O6S/c1-3-15(17,4-2)13-9-12(13)14(16)21-10-5-7-11(8-6-10)22(18,19)20/h5-8,12-13,17H,3-4,9H2,1-2H3,(H,18,19,20). The molecule has 1 aliphatic carbocycles. The molecule has 0 amide bonds. The first-order valence-electron chi connectivity index (χ1n) is 7.23. The Hall–Kier alpha value is -1.44. The molecule has 0 heterocycles. The fourth-order valence-electron chi connectivity index (χ4n) is 2.70. The van der Waals surface area contributed by atoms with Crippen LogP contribution in [0.3, 0.4) is 0 Å². The Bertz CT molecular complexity index is 645. The second-order valence-electron chi connectivity index (χ2n) is 5.63. The number of aliphatic hydroxyl groups is 1. The number of carbonyl (C=O) groups is 1. The van der Waals surface area contributed by atoms with Gasteiger partial charge < -0.3 is 9.84 Å². The highest BCUT2D eigenvalue weighted by Crippen LogP contribution is 2.49. The van der Waals surface area contributed by atoms with E-state index in [0.717, 1.165) is 12.1 Å². The van der Waals surface area contributed by atoms with Crippen molar-refractivity contribution in [3.05, 3.63) is 24.3 Å². The highest BCUT2D eigenvalue weighted by Gasteiger charge is 2.54. The van der Waals surface area contributed by atoms with Gasteiger partial charge in [0.05, 0.1) is 16.4 Å². The van der Waals surface area contributed by atoms with Crippen molar-refractivity contribution in [1.82, 2.24) is 0 Å². The topological polar surface area (TPSA) is 101 Å². The Morgan fingerprint density at radius 1 is 1.27 bits per heavy atom. The van der Waals surface area contributed by atoms with Gasteiger partial charge >= 0.3 is 5.97 Å². The van der Waals surface area contributed by atoms with Gasteiger partial charge in [-0.1, -0.05) is 13.8 Å². The summed E-state index contributed by atoms with van der Waals surface area (Å²) in [5.41, 5.74) is -0.835. The molecule has 1 aliphatic rings. The molecule has 122 valence electrons. The van der Waals surface area contributed by atoms with Gasteiger partial charge in [-0.2, -0.15) is 8.42 Å². The number of esters is 1. The van der Waals surface area contributed by atoms with Gasteiger partial charge in [-0.3, -0.25) is 9.35 Å². The third-order valence-electron chi connectivity index (χ3n) is 4.35. The molecular weight excluding hydrogens is 308 g/mol. The maximum absolute atomic E-state index is 12.0. The molecule has 1 fully saturated rings. The van der Waals surface area contributed by atoms with Gasteiger partial charge in [0.1, 0.15) is 5.75 Å². The largest absolute Gasteiger partial charge is 0.426 e. The van der Waals surface area contributed by atoms with Crippen molar-refractivity contribution in [2.45, 2.75) is 43.6 Å². The molecule has 0 aromatic heterocycles. The zero-order chi connectivity index (χ0) is 16.5. The summed E-state index contributed by atoms with van der Waals surface area (Å²) in [6.07, 6.45) is 1.77. The average Bonchev–Trinajstić information content (AvgIpc) is 3.27. The number of benzene rings is 1. The number of rotatable bonds is 6. The molecule has 7 heteroatoms. The van der Waals surface area contributed by atoms with Crippen molar-refractivity contribution < 1.29 is 27.6 Å². The van der Waals surface area contributed by atoms with Crippen LogP contribution in [0.1, 0.15) is 33.1 Å². The van der Waals surface area contributed by atoms with Crippen LogP contribution in [-0.4, -0.2) is 29.6 Å². The van der Waals surface area contributed by atoms with E-state index in [1.807, 2.05) is 13.8 Å².